The molecule has 4 aromatic rings. The molecule has 0 bridgehead atoms. The van der Waals surface area contributed by atoms with Crippen molar-refractivity contribution in [2.45, 2.75) is 13.8 Å². The van der Waals surface area contributed by atoms with E-state index in [2.05, 4.69) is 42.6 Å². The van der Waals surface area contributed by atoms with Crippen molar-refractivity contribution in [2.75, 3.05) is 7.11 Å². The number of carbonyl (C=O) groups excluding carboxylic acids is 1. The van der Waals surface area contributed by atoms with Gasteiger partial charge in [0.25, 0.3) is 5.91 Å². The maximum Gasteiger partial charge on any atom is 0.275 e. The monoisotopic (exact) mass is 397 g/mol. The molecule has 1 aromatic heterocycles. The summed E-state index contributed by atoms with van der Waals surface area (Å²) in [4.78, 5) is 12.7. The molecule has 0 aliphatic rings. The van der Waals surface area contributed by atoms with E-state index in [9.17, 15) is 4.79 Å². The molecule has 1 heterocycles. The van der Waals surface area contributed by atoms with Crippen LogP contribution >= 0.6 is 0 Å². The zero-order chi connectivity index (χ0) is 21.1. The van der Waals surface area contributed by atoms with Crippen molar-refractivity contribution >= 4 is 22.9 Å². The van der Waals surface area contributed by atoms with E-state index in [0.29, 0.717) is 11.3 Å². The van der Waals surface area contributed by atoms with Gasteiger partial charge in [-0.05, 0) is 72.1 Å². The van der Waals surface area contributed by atoms with Crippen LogP contribution in [0.2, 0.25) is 0 Å². The number of amides is 1. The number of aromatic nitrogens is 1. The molecule has 0 aliphatic heterocycles. The second-order valence-corrected chi connectivity index (χ2v) is 7.17. The zero-order valence-corrected chi connectivity index (χ0v) is 17.2. The molecule has 150 valence electrons. The Morgan fingerprint density at radius 3 is 2.47 bits per heavy atom. The number of carbonyl (C=O) groups is 1. The number of aryl methyl sites for hydroxylation is 2. The molecule has 0 unspecified atom stereocenters. The smallest absolute Gasteiger partial charge is 0.275 e. The van der Waals surface area contributed by atoms with E-state index in [1.54, 1.807) is 13.3 Å². The number of ether oxygens (including phenoxy) is 1. The van der Waals surface area contributed by atoms with Gasteiger partial charge in [0.1, 0.15) is 5.75 Å². The fourth-order valence-electron chi connectivity index (χ4n) is 3.39. The molecular formula is C25H23N3O2. The Bertz CT molecular complexity index is 1250. The first-order valence-electron chi connectivity index (χ1n) is 9.72. The lowest BCUT2D eigenvalue weighted by atomic mass is 10.1. The Labute approximate surface area is 175 Å². The average Bonchev–Trinajstić information content (AvgIpc) is 3.23. The van der Waals surface area contributed by atoms with E-state index in [0.717, 1.165) is 22.2 Å². The van der Waals surface area contributed by atoms with Gasteiger partial charge in [-0.25, -0.2) is 5.43 Å². The second kappa shape index (κ2) is 8.25. The van der Waals surface area contributed by atoms with Crippen molar-refractivity contribution in [2.24, 2.45) is 5.10 Å². The molecule has 0 saturated heterocycles. The number of hydrogen-bond acceptors (Lipinski definition) is 3. The van der Waals surface area contributed by atoms with Crippen LogP contribution in [0.15, 0.2) is 78.0 Å². The minimum absolute atomic E-state index is 0.321. The van der Waals surface area contributed by atoms with Crippen LogP contribution in [0.1, 0.15) is 27.2 Å². The fraction of sp³-hybridized carbons (Fsp3) is 0.120. The highest BCUT2D eigenvalue weighted by Crippen LogP contribution is 2.26. The van der Waals surface area contributed by atoms with Gasteiger partial charge in [-0.15, -0.1) is 0 Å². The molecule has 0 aliphatic carbocycles. The van der Waals surface area contributed by atoms with E-state index >= 15 is 0 Å². The summed E-state index contributed by atoms with van der Waals surface area (Å²) in [6.45, 7) is 4.18. The summed E-state index contributed by atoms with van der Waals surface area (Å²) in [6.07, 6.45) is 3.61. The van der Waals surface area contributed by atoms with E-state index < -0.39 is 0 Å². The summed E-state index contributed by atoms with van der Waals surface area (Å²) in [5.41, 5.74) is 7.44. The minimum Gasteiger partial charge on any atom is -0.496 e. The van der Waals surface area contributed by atoms with E-state index in [1.807, 2.05) is 59.3 Å². The Kier molecular flexibility index (Phi) is 5.35. The minimum atomic E-state index is -0.321. The quantitative estimate of drug-likeness (QED) is 0.380. The highest BCUT2D eigenvalue weighted by molar-refractivity contribution is 6.01. The Hall–Kier alpha value is -3.86. The average molecular weight is 397 g/mol. The fourth-order valence-corrected chi connectivity index (χ4v) is 3.39. The summed E-state index contributed by atoms with van der Waals surface area (Å²) in [6, 6.07) is 21.7. The third kappa shape index (κ3) is 3.82. The third-order valence-electron chi connectivity index (χ3n) is 5.22. The summed E-state index contributed by atoms with van der Waals surface area (Å²) in [5.74, 6) is 0.193. The second-order valence-electron chi connectivity index (χ2n) is 7.17. The van der Waals surface area contributed by atoms with Gasteiger partial charge in [0.15, 0.2) is 0 Å². The molecule has 1 amide bonds. The Morgan fingerprint density at radius 1 is 0.967 bits per heavy atom. The molecule has 30 heavy (non-hydrogen) atoms. The molecule has 0 saturated carbocycles. The molecule has 0 spiro atoms. The zero-order valence-electron chi connectivity index (χ0n) is 17.2. The van der Waals surface area contributed by atoms with Crippen LogP contribution in [-0.4, -0.2) is 23.8 Å². The van der Waals surface area contributed by atoms with Gasteiger partial charge < -0.3 is 9.30 Å². The molecule has 4 rings (SSSR count). The van der Waals surface area contributed by atoms with Crippen LogP contribution in [0.3, 0.4) is 0 Å². The van der Waals surface area contributed by atoms with Gasteiger partial charge in [0.2, 0.25) is 0 Å². The first-order valence-corrected chi connectivity index (χ1v) is 9.72. The van der Waals surface area contributed by atoms with Gasteiger partial charge in [-0.1, -0.05) is 30.3 Å². The number of hydrazone groups is 1. The Morgan fingerprint density at radius 2 is 1.73 bits per heavy atom. The molecule has 0 fully saturated rings. The van der Waals surface area contributed by atoms with Crippen molar-refractivity contribution in [3.05, 3.63) is 95.3 Å². The van der Waals surface area contributed by atoms with Crippen molar-refractivity contribution in [1.29, 1.82) is 0 Å². The maximum atomic E-state index is 12.7. The lowest BCUT2D eigenvalue weighted by molar-refractivity contribution is 0.0952. The first kappa shape index (κ1) is 19.5. The summed E-state index contributed by atoms with van der Waals surface area (Å²) >= 11 is 0. The van der Waals surface area contributed by atoms with Gasteiger partial charge in [-0.2, -0.15) is 5.10 Å². The summed E-state index contributed by atoms with van der Waals surface area (Å²) in [7, 11) is 1.56. The number of nitrogens with zero attached hydrogens (tertiary/aromatic N) is 2. The highest BCUT2D eigenvalue weighted by atomic mass is 16.5. The number of methoxy groups -OCH3 is 1. The summed E-state index contributed by atoms with van der Waals surface area (Å²) in [5, 5.41) is 6.15. The maximum absolute atomic E-state index is 12.7. The Balaban J connectivity index is 1.56. The van der Waals surface area contributed by atoms with E-state index in [-0.39, 0.29) is 5.91 Å². The molecule has 5 nitrogen and oxygen atoms in total. The van der Waals surface area contributed by atoms with Gasteiger partial charge in [0, 0.05) is 11.9 Å². The largest absolute Gasteiger partial charge is 0.496 e. The van der Waals surface area contributed by atoms with Crippen molar-refractivity contribution in [3.8, 4) is 11.4 Å². The standard InChI is InChI=1S/C25H23N3O2/c1-17-10-11-21(13-18(17)2)28-12-6-9-22(28)16-26-27-25(29)23-14-19-7-4-5-8-20(19)15-24(23)30-3/h4-16H,1-3H3,(H,27,29). The predicted octanol–water partition coefficient (Wildman–Crippen LogP) is 5.02. The number of fused-ring (bicyclic) bond motifs is 1. The van der Waals surface area contributed by atoms with E-state index in [1.165, 1.54) is 11.1 Å². The SMILES string of the molecule is COc1cc2ccccc2cc1C(=O)NN=Cc1cccn1-c1ccc(C)c(C)c1. The molecule has 5 heteroatoms. The molecule has 3 aromatic carbocycles. The first-order chi connectivity index (χ1) is 14.6. The van der Waals surface area contributed by atoms with E-state index in [4.69, 9.17) is 4.74 Å². The number of nitrogens with one attached hydrogen (secondary N) is 1. The normalized spacial score (nSPS) is 11.2. The van der Waals surface area contributed by atoms with Crippen molar-refractivity contribution in [3.63, 3.8) is 0 Å². The highest BCUT2D eigenvalue weighted by Gasteiger charge is 2.13. The topological polar surface area (TPSA) is 55.6 Å². The van der Waals surface area contributed by atoms with Crippen LogP contribution in [0.5, 0.6) is 5.75 Å². The number of hydrogen-bond donors (Lipinski definition) is 1. The van der Waals surface area contributed by atoms with Gasteiger partial charge >= 0.3 is 0 Å². The van der Waals surface area contributed by atoms with Crippen molar-refractivity contribution < 1.29 is 9.53 Å². The number of rotatable bonds is 5. The molecule has 0 radical (unpaired) electrons. The predicted molar refractivity (Wildman–Crippen MR) is 121 cm³/mol. The number of benzene rings is 3. The van der Waals surface area contributed by atoms with Crippen LogP contribution < -0.4 is 10.2 Å². The third-order valence-corrected chi connectivity index (χ3v) is 5.22. The van der Waals surface area contributed by atoms with Crippen LogP contribution in [0.25, 0.3) is 16.5 Å². The summed E-state index contributed by atoms with van der Waals surface area (Å²) < 4.78 is 7.43. The van der Waals surface area contributed by atoms with Gasteiger partial charge in [0.05, 0.1) is 24.6 Å². The lowest BCUT2D eigenvalue weighted by Gasteiger charge is -2.10. The van der Waals surface area contributed by atoms with Gasteiger partial charge in [-0.3, -0.25) is 4.79 Å². The molecule has 1 N–H and O–H groups in total. The molecule has 0 atom stereocenters. The van der Waals surface area contributed by atoms with Crippen LogP contribution in [0, 0.1) is 13.8 Å². The van der Waals surface area contributed by atoms with Crippen LogP contribution in [0.4, 0.5) is 0 Å². The molecular weight excluding hydrogens is 374 g/mol. The lowest BCUT2D eigenvalue weighted by Crippen LogP contribution is -2.18. The van der Waals surface area contributed by atoms with Crippen molar-refractivity contribution in [1.82, 2.24) is 9.99 Å². The van der Waals surface area contributed by atoms with Crippen LogP contribution in [-0.2, 0) is 0 Å².